The second kappa shape index (κ2) is 3.43. The molecule has 4 rings (SSSR count). The van der Waals surface area contributed by atoms with Gasteiger partial charge in [0.2, 0.25) is 0 Å². The molecule has 1 aliphatic heterocycles. The Labute approximate surface area is 100.0 Å². The van der Waals surface area contributed by atoms with E-state index in [2.05, 4.69) is 4.99 Å². The van der Waals surface area contributed by atoms with Gasteiger partial charge in [0, 0.05) is 0 Å². The summed E-state index contributed by atoms with van der Waals surface area (Å²) in [6, 6.07) is 0. The molecule has 1 saturated heterocycles. The molecule has 0 radical (unpaired) electrons. The predicted molar refractivity (Wildman–Crippen MR) is 60.0 cm³/mol. The maximum absolute atomic E-state index is 9.52. The monoisotopic (exact) mass is 238 g/mol. The van der Waals surface area contributed by atoms with Crippen LogP contribution in [0.25, 0.3) is 0 Å². The van der Waals surface area contributed by atoms with Crippen molar-refractivity contribution in [2.45, 2.75) is 44.0 Å². The van der Waals surface area contributed by atoms with Gasteiger partial charge in [0.05, 0.1) is 24.7 Å². The third kappa shape index (κ3) is 1.39. The van der Waals surface area contributed by atoms with Gasteiger partial charge in [-0.05, 0) is 42.9 Å². The first-order valence-electron chi connectivity index (χ1n) is 6.50. The minimum Gasteiger partial charge on any atom is -0.390 e. The van der Waals surface area contributed by atoms with Crippen LogP contribution in [0.4, 0.5) is 0 Å². The lowest BCUT2D eigenvalue weighted by Gasteiger charge is -2.32. The van der Waals surface area contributed by atoms with Crippen molar-refractivity contribution >= 4 is 6.34 Å². The third-order valence-electron chi connectivity index (χ3n) is 5.20. The van der Waals surface area contributed by atoms with Crippen LogP contribution >= 0.6 is 0 Å². The Bertz CT molecular complexity index is 362. The van der Waals surface area contributed by atoms with Crippen LogP contribution in [0.2, 0.25) is 0 Å². The lowest BCUT2D eigenvalue weighted by Crippen LogP contribution is -2.35. The van der Waals surface area contributed by atoms with Crippen molar-refractivity contribution in [2.24, 2.45) is 34.4 Å². The van der Waals surface area contributed by atoms with E-state index in [1.54, 1.807) is 0 Å². The van der Waals surface area contributed by atoms with Crippen molar-refractivity contribution in [2.75, 3.05) is 0 Å². The van der Waals surface area contributed by atoms with E-state index in [1.807, 2.05) is 0 Å². The molecule has 5 heteroatoms. The highest BCUT2D eigenvalue weighted by Gasteiger charge is 2.66. The number of aliphatic hydroxyl groups excluding tert-OH is 1. The number of aliphatic imine (C=N–C) groups is 1. The molecule has 0 amide bonds. The zero-order valence-electron chi connectivity index (χ0n) is 9.61. The van der Waals surface area contributed by atoms with E-state index in [0.29, 0.717) is 24.0 Å². The minimum atomic E-state index is -1.10. The molecule has 0 aromatic heterocycles. The fourth-order valence-electron chi connectivity index (χ4n) is 4.67. The molecular weight excluding hydrogens is 220 g/mol. The SMILES string of the molecule is NC=NC(O)OC1CC2CC1C1C2CC2OC21. The van der Waals surface area contributed by atoms with Crippen LogP contribution < -0.4 is 5.73 Å². The average Bonchev–Trinajstić information content (AvgIpc) is 2.69. The zero-order chi connectivity index (χ0) is 11.6. The molecule has 5 nitrogen and oxygen atoms in total. The van der Waals surface area contributed by atoms with Gasteiger partial charge in [-0.25, -0.2) is 4.99 Å². The second-order valence-corrected chi connectivity index (χ2v) is 5.81. The molecule has 17 heavy (non-hydrogen) atoms. The number of fused-ring (bicyclic) bond motifs is 7. The Morgan fingerprint density at radius 2 is 2.24 bits per heavy atom. The molecule has 2 bridgehead atoms. The summed E-state index contributed by atoms with van der Waals surface area (Å²) in [6.45, 7) is 0. The Morgan fingerprint density at radius 1 is 1.35 bits per heavy atom. The first-order valence-corrected chi connectivity index (χ1v) is 6.50. The first kappa shape index (κ1) is 10.3. The summed E-state index contributed by atoms with van der Waals surface area (Å²) in [7, 11) is 0. The van der Waals surface area contributed by atoms with Crippen molar-refractivity contribution in [1.29, 1.82) is 0 Å². The highest BCUT2D eigenvalue weighted by atomic mass is 16.6. The number of ether oxygens (including phenoxy) is 2. The maximum Gasteiger partial charge on any atom is 0.257 e. The van der Waals surface area contributed by atoms with Gasteiger partial charge in [-0.15, -0.1) is 0 Å². The van der Waals surface area contributed by atoms with E-state index in [9.17, 15) is 5.11 Å². The second-order valence-electron chi connectivity index (χ2n) is 5.81. The van der Waals surface area contributed by atoms with Crippen molar-refractivity contribution < 1.29 is 14.6 Å². The van der Waals surface area contributed by atoms with E-state index in [1.165, 1.54) is 12.8 Å². The molecule has 3 N–H and O–H groups in total. The van der Waals surface area contributed by atoms with E-state index in [0.717, 1.165) is 24.6 Å². The highest BCUT2D eigenvalue weighted by Crippen LogP contribution is 2.64. The number of hydrogen-bond donors (Lipinski definition) is 2. The maximum atomic E-state index is 9.52. The van der Waals surface area contributed by atoms with Gasteiger partial charge in [0.1, 0.15) is 0 Å². The standard InChI is InChI=1S/C12H18N2O3/c13-4-14-12(15)17-8-2-5-1-7(8)10-6(5)3-9-11(10)16-9/h4-12,15H,1-3H2,(H2,13,14). The third-order valence-corrected chi connectivity index (χ3v) is 5.20. The smallest absolute Gasteiger partial charge is 0.257 e. The quantitative estimate of drug-likeness (QED) is 0.316. The number of rotatable bonds is 3. The molecule has 0 aromatic rings. The minimum absolute atomic E-state index is 0.142. The predicted octanol–water partition coefficient (Wildman–Crippen LogP) is 0.0778. The van der Waals surface area contributed by atoms with Gasteiger partial charge in [-0.3, -0.25) is 0 Å². The van der Waals surface area contributed by atoms with Crippen molar-refractivity contribution in [3.05, 3.63) is 0 Å². The first-order chi connectivity index (χ1) is 8.28. The van der Waals surface area contributed by atoms with E-state index < -0.39 is 6.41 Å². The van der Waals surface area contributed by atoms with Gasteiger partial charge < -0.3 is 20.3 Å². The molecule has 4 fully saturated rings. The molecule has 8 unspecified atom stereocenters. The van der Waals surface area contributed by atoms with E-state index in [4.69, 9.17) is 15.2 Å². The van der Waals surface area contributed by atoms with Gasteiger partial charge in [0.15, 0.2) is 0 Å². The normalized spacial score (nSPS) is 56.2. The van der Waals surface area contributed by atoms with Crippen molar-refractivity contribution in [3.8, 4) is 0 Å². The summed E-state index contributed by atoms with van der Waals surface area (Å²) in [5, 5.41) is 9.52. The van der Waals surface area contributed by atoms with Crippen molar-refractivity contribution in [3.63, 3.8) is 0 Å². The van der Waals surface area contributed by atoms with Crippen LogP contribution in [0.15, 0.2) is 4.99 Å². The van der Waals surface area contributed by atoms with Gasteiger partial charge >= 0.3 is 0 Å². The Hall–Kier alpha value is -0.650. The van der Waals surface area contributed by atoms with Crippen LogP contribution in [0.1, 0.15) is 19.3 Å². The topological polar surface area (TPSA) is 80.4 Å². The number of nitrogens with zero attached hydrogens (tertiary/aromatic N) is 1. The molecule has 0 spiro atoms. The molecular formula is C12H18N2O3. The molecule has 4 aliphatic rings. The molecule has 0 aromatic carbocycles. The fraction of sp³-hybridized carbons (Fsp3) is 0.917. The zero-order valence-corrected chi connectivity index (χ0v) is 9.61. The summed E-state index contributed by atoms with van der Waals surface area (Å²) < 4.78 is 11.2. The fourth-order valence-corrected chi connectivity index (χ4v) is 4.67. The average molecular weight is 238 g/mol. The number of epoxide rings is 1. The Balaban J connectivity index is 1.47. The number of nitrogens with two attached hydrogens (primary N) is 1. The largest absolute Gasteiger partial charge is 0.390 e. The van der Waals surface area contributed by atoms with Crippen LogP contribution in [0.5, 0.6) is 0 Å². The van der Waals surface area contributed by atoms with E-state index >= 15 is 0 Å². The van der Waals surface area contributed by atoms with Crippen LogP contribution in [-0.4, -0.2) is 36.2 Å². The van der Waals surface area contributed by atoms with Gasteiger partial charge in [0.25, 0.3) is 6.41 Å². The van der Waals surface area contributed by atoms with E-state index in [-0.39, 0.29) is 6.10 Å². The number of hydrogen-bond acceptors (Lipinski definition) is 4. The number of aliphatic hydroxyl groups is 1. The summed E-state index contributed by atoms with van der Waals surface area (Å²) in [6.07, 6.45) is 4.75. The summed E-state index contributed by atoms with van der Waals surface area (Å²) in [5.41, 5.74) is 5.14. The van der Waals surface area contributed by atoms with Crippen LogP contribution in [0.3, 0.4) is 0 Å². The van der Waals surface area contributed by atoms with Gasteiger partial charge in [-0.2, -0.15) is 0 Å². The lowest BCUT2D eigenvalue weighted by atomic mass is 9.79. The highest BCUT2D eigenvalue weighted by molar-refractivity contribution is 5.51. The molecule has 3 saturated carbocycles. The lowest BCUT2D eigenvalue weighted by molar-refractivity contribution is -0.153. The summed E-state index contributed by atoms with van der Waals surface area (Å²) in [4.78, 5) is 3.64. The Kier molecular flexibility index (Phi) is 2.08. The van der Waals surface area contributed by atoms with Gasteiger partial charge in [-0.1, -0.05) is 0 Å². The summed E-state index contributed by atoms with van der Waals surface area (Å²) >= 11 is 0. The Morgan fingerprint density at radius 3 is 3.06 bits per heavy atom. The molecule has 94 valence electrons. The molecule has 1 heterocycles. The molecule has 3 aliphatic carbocycles. The van der Waals surface area contributed by atoms with Crippen molar-refractivity contribution in [1.82, 2.24) is 0 Å². The molecule has 8 atom stereocenters. The summed E-state index contributed by atoms with van der Waals surface area (Å²) in [5.74, 6) is 2.88. The van der Waals surface area contributed by atoms with Crippen LogP contribution in [-0.2, 0) is 9.47 Å². The van der Waals surface area contributed by atoms with Crippen LogP contribution in [0, 0.1) is 23.7 Å².